The average molecular weight is 123 g/mol. The number of aromatic nitrogens is 1. The Hall–Kier alpha value is -1.38. The van der Waals surface area contributed by atoms with Crippen LogP contribution in [-0.4, -0.2) is 10.8 Å². The number of carbonyl (C=O) groups excluding carboxylic acids is 1. The highest BCUT2D eigenvalue weighted by atomic mass is 16.3. The van der Waals surface area contributed by atoms with Crippen LogP contribution in [-0.2, 0) is 0 Å². The van der Waals surface area contributed by atoms with Crippen LogP contribution >= 0.6 is 0 Å². The van der Waals surface area contributed by atoms with E-state index in [-0.39, 0.29) is 5.78 Å². The topological polar surface area (TPSA) is 43.1 Å². The van der Waals surface area contributed by atoms with Crippen molar-refractivity contribution in [1.82, 2.24) is 4.98 Å². The number of oxazole rings is 1. The fourth-order valence-electron chi connectivity index (χ4n) is 0.439. The average Bonchev–Trinajstić information content (AvgIpc) is 2.37. The minimum absolute atomic E-state index is 0.219. The lowest BCUT2D eigenvalue weighted by Gasteiger charge is -1.79. The Kier molecular flexibility index (Phi) is 1.44. The highest BCUT2D eigenvalue weighted by Crippen LogP contribution is 1.95. The predicted molar refractivity (Wildman–Crippen MR) is 31.0 cm³/mol. The Morgan fingerprint density at radius 2 is 2.67 bits per heavy atom. The molecule has 0 fully saturated rings. The van der Waals surface area contributed by atoms with E-state index in [1.54, 1.807) is 0 Å². The van der Waals surface area contributed by atoms with Crippen molar-refractivity contribution in [1.29, 1.82) is 0 Å². The van der Waals surface area contributed by atoms with Crippen molar-refractivity contribution in [2.24, 2.45) is 0 Å². The Bertz CT molecular complexity index is 213. The first-order valence-corrected chi connectivity index (χ1v) is 2.39. The number of carbonyl (C=O) groups is 1. The van der Waals surface area contributed by atoms with Gasteiger partial charge in [0.2, 0.25) is 5.78 Å². The van der Waals surface area contributed by atoms with E-state index >= 15 is 0 Å². The van der Waals surface area contributed by atoms with Crippen molar-refractivity contribution >= 4 is 5.78 Å². The molecular weight excluding hydrogens is 118 g/mol. The number of hydrogen-bond acceptors (Lipinski definition) is 3. The molecule has 3 nitrogen and oxygen atoms in total. The Morgan fingerprint density at radius 3 is 3.11 bits per heavy atom. The second-order valence-corrected chi connectivity index (χ2v) is 1.44. The molecule has 0 saturated heterocycles. The lowest BCUT2D eigenvalue weighted by atomic mass is 10.3. The molecule has 1 heterocycles. The summed E-state index contributed by atoms with van der Waals surface area (Å²) >= 11 is 0. The number of allylic oxidation sites excluding steroid dienone is 1. The van der Waals surface area contributed by atoms with Gasteiger partial charge in [-0.15, -0.1) is 0 Å². The van der Waals surface area contributed by atoms with E-state index in [0.717, 1.165) is 0 Å². The van der Waals surface area contributed by atoms with E-state index in [9.17, 15) is 4.79 Å². The summed E-state index contributed by atoms with van der Waals surface area (Å²) in [5.74, 6) is -0.219. The monoisotopic (exact) mass is 123 g/mol. The molecule has 1 aromatic rings. The van der Waals surface area contributed by atoms with Gasteiger partial charge in [0.1, 0.15) is 12.0 Å². The van der Waals surface area contributed by atoms with Gasteiger partial charge in [-0.05, 0) is 6.08 Å². The number of hydrogen-bond donors (Lipinski definition) is 0. The zero-order valence-electron chi connectivity index (χ0n) is 4.70. The maximum atomic E-state index is 10.6. The largest absolute Gasteiger partial charge is 0.451 e. The van der Waals surface area contributed by atoms with Gasteiger partial charge in [-0.2, -0.15) is 0 Å². The van der Waals surface area contributed by atoms with E-state index in [0.29, 0.717) is 5.69 Å². The van der Waals surface area contributed by atoms with E-state index < -0.39 is 0 Å². The van der Waals surface area contributed by atoms with Crippen molar-refractivity contribution in [3.8, 4) is 0 Å². The SMILES string of the molecule is C=CC(=O)c1cocn1. The van der Waals surface area contributed by atoms with Crippen LogP contribution < -0.4 is 0 Å². The molecule has 3 heteroatoms. The van der Waals surface area contributed by atoms with E-state index in [4.69, 9.17) is 0 Å². The third kappa shape index (κ3) is 1.05. The van der Waals surface area contributed by atoms with Crippen LogP contribution in [0.15, 0.2) is 29.7 Å². The fraction of sp³-hybridized carbons (Fsp3) is 0. The molecule has 1 rings (SSSR count). The van der Waals surface area contributed by atoms with Gasteiger partial charge in [0.15, 0.2) is 6.39 Å². The van der Waals surface area contributed by atoms with Crippen LogP contribution in [0.3, 0.4) is 0 Å². The zero-order chi connectivity index (χ0) is 6.69. The molecule has 0 aliphatic rings. The zero-order valence-corrected chi connectivity index (χ0v) is 4.70. The summed E-state index contributed by atoms with van der Waals surface area (Å²) in [6.45, 7) is 3.29. The van der Waals surface area contributed by atoms with E-state index in [1.165, 1.54) is 18.7 Å². The van der Waals surface area contributed by atoms with Crippen LogP contribution in [0.1, 0.15) is 10.5 Å². The Labute approximate surface area is 52.0 Å². The Morgan fingerprint density at radius 1 is 1.89 bits per heavy atom. The molecule has 0 saturated carbocycles. The molecule has 0 aromatic carbocycles. The normalized spacial score (nSPS) is 8.89. The summed E-state index contributed by atoms with van der Waals surface area (Å²) in [5, 5.41) is 0. The van der Waals surface area contributed by atoms with Gasteiger partial charge in [-0.3, -0.25) is 4.79 Å². The fourth-order valence-corrected chi connectivity index (χ4v) is 0.439. The van der Waals surface area contributed by atoms with Crippen molar-refractivity contribution in [2.75, 3.05) is 0 Å². The van der Waals surface area contributed by atoms with Crippen LogP contribution in [0.2, 0.25) is 0 Å². The quantitative estimate of drug-likeness (QED) is 0.436. The molecule has 0 amide bonds. The Balaban J connectivity index is 2.89. The molecule has 1 aromatic heterocycles. The highest BCUT2D eigenvalue weighted by molar-refractivity contribution is 6.02. The van der Waals surface area contributed by atoms with Gasteiger partial charge in [0, 0.05) is 0 Å². The summed E-state index contributed by atoms with van der Waals surface area (Å²) in [6.07, 6.45) is 3.68. The molecular formula is C6H5NO2. The summed E-state index contributed by atoms with van der Waals surface area (Å²) < 4.78 is 4.56. The summed E-state index contributed by atoms with van der Waals surface area (Å²) in [7, 11) is 0. The molecule has 0 bridgehead atoms. The molecule has 0 spiro atoms. The minimum Gasteiger partial charge on any atom is -0.451 e. The standard InChI is InChI=1S/C6H5NO2/c1-2-6(8)5-3-9-4-7-5/h2-4H,1H2. The van der Waals surface area contributed by atoms with Gasteiger partial charge in [0.05, 0.1) is 0 Å². The lowest BCUT2D eigenvalue weighted by Crippen LogP contribution is -1.91. The van der Waals surface area contributed by atoms with E-state index in [2.05, 4.69) is 16.0 Å². The smallest absolute Gasteiger partial charge is 0.206 e. The predicted octanol–water partition coefficient (Wildman–Crippen LogP) is 1.04. The molecule has 0 aliphatic carbocycles. The second kappa shape index (κ2) is 2.26. The van der Waals surface area contributed by atoms with Crippen molar-refractivity contribution in [3.63, 3.8) is 0 Å². The van der Waals surface area contributed by atoms with Crippen LogP contribution in [0, 0.1) is 0 Å². The molecule has 0 aliphatic heterocycles. The van der Waals surface area contributed by atoms with Gasteiger partial charge >= 0.3 is 0 Å². The first kappa shape index (κ1) is 5.75. The van der Waals surface area contributed by atoms with Gasteiger partial charge < -0.3 is 4.42 Å². The van der Waals surface area contributed by atoms with Crippen molar-refractivity contribution in [3.05, 3.63) is 31.0 Å². The first-order valence-electron chi connectivity index (χ1n) is 2.39. The summed E-state index contributed by atoms with van der Waals surface area (Å²) in [6, 6.07) is 0. The van der Waals surface area contributed by atoms with Gasteiger partial charge in [0.25, 0.3) is 0 Å². The van der Waals surface area contributed by atoms with Gasteiger partial charge in [-0.1, -0.05) is 6.58 Å². The molecule has 0 atom stereocenters. The van der Waals surface area contributed by atoms with Crippen molar-refractivity contribution < 1.29 is 9.21 Å². The third-order valence-electron chi connectivity index (χ3n) is 0.870. The second-order valence-electron chi connectivity index (χ2n) is 1.44. The molecule has 9 heavy (non-hydrogen) atoms. The lowest BCUT2D eigenvalue weighted by molar-refractivity contribution is 0.104. The van der Waals surface area contributed by atoms with Crippen LogP contribution in [0.25, 0.3) is 0 Å². The molecule has 46 valence electrons. The summed E-state index contributed by atoms with van der Waals surface area (Å²) in [5.41, 5.74) is 0.296. The molecule has 0 N–H and O–H groups in total. The van der Waals surface area contributed by atoms with Crippen LogP contribution in [0.5, 0.6) is 0 Å². The van der Waals surface area contributed by atoms with Crippen molar-refractivity contribution in [2.45, 2.75) is 0 Å². The van der Waals surface area contributed by atoms with Gasteiger partial charge in [-0.25, -0.2) is 4.98 Å². The maximum absolute atomic E-state index is 10.6. The minimum atomic E-state index is -0.219. The first-order chi connectivity index (χ1) is 4.34. The van der Waals surface area contributed by atoms with E-state index in [1.807, 2.05) is 0 Å². The third-order valence-corrected chi connectivity index (χ3v) is 0.870. The maximum Gasteiger partial charge on any atom is 0.206 e. The number of rotatable bonds is 2. The summed E-state index contributed by atoms with van der Waals surface area (Å²) in [4.78, 5) is 14.2. The molecule has 0 unspecified atom stereocenters. The number of nitrogens with zero attached hydrogens (tertiary/aromatic N) is 1. The van der Waals surface area contributed by atoms with Crippen LogP contribution in [0.4, 0.5) is 0 Å². The molecule has 0 radical (unpaired) electrons. The number of ketones is 1. The highest BCUT2D eigenvalue weighted by Gasteiger charge is 2.01.